The van der Waals surface area contributed by atoms with E-state index >= 15 is 0 Å². The molecule has 1 heterocycles. The van der Waals surface area contributed by atoms with E-state index in [1.807, 2.05) is 0 Å². The normalized spacial score (nSPS) is 22.5. The summed E-state index contributed by atoms with van der Waals surface area (Å²) in [4.78, 5) is 12.7. The topological polar surface area (TPSA) is 135 Å². The van der Waals surface area contributed by atoms with Crippen LogP contribution in [0.1, 0.15) is 129 Å². The summed E-state index contributed by atoms with van der Waals surface area (Å²) in [5, 5.41) is 39.9. The Kier molecular flexibility index (Phi) is 28.7. The molecule has 0 radical (unpaired) electrons. The number of rotatable bonds is 30. The van der Waals surface area contributed by atoms with Crippen molar-refractivity contribution < 1.29 is 44.2 Å². The van der Waals surface area contributed by atoms with Gasteiger partial charge in [0.15, 0.2) is 6.29 Å². The van der Waals surface area contributed by atoms with E-state index in [0.717, 1.165) is 64.2 Å². The number of hydrogen-bond acceptors (Lipinski definition) is 9. The standard InChI is InChI=1S/C39H68O9/c1-3-5-7-9-11-13-15-17-18-20-22-24-26-28-35(41)47-33(32-46-39-38(44)37(43)36(42)34(30-40)48-39)31-45-29-27-25-23-21-19-16-14-12-10-8-6-4-2/h5,7,10-13,17-18,33-34,36-40,42-44H,3-4,6,8-9,14-16,19-32H2,1-2H3/b7-5-,12-10-,13-11-,18-17-. The third-order valence-corrected chi connectivity index (χ3v) is 8.23. The summed E-state index contributed by atoms with van der Waals surface area (Å²) in [6, 6.07) is 0. The SMILES string of the molecule is CC/C=C\C/C=C\C/C=C\CCCCCC(=O)OC(COCCCCCCCC/C=C\CCCC)COC1OC(CO)C(O)C(O)C1O. The average molecular weight is 681 g/mol. The highest BCUT2D eigenvalue weighted by atomic mass is 16.7. The summed E-state index contributed by atoms with van der Waals surface area (Å²) in [7, 11) is 0. The minimum Gasteiger partial charge on any atom is -0.457 e. The quantitative estimate of drug-likeness (QED) is 0.0359. The van der Waals surface area contributed by atoms with Gasteiger partial charge >= 0.3 is 5.97 Å². The van der Waals surface area contributed by atoms with E-state index in [-0.39, 0.29) is 25.6 Å². The molecular weight excluding hydrogens is 612 g/mol. The maximum atomic E-state index is 12.7. The summed E-state index contributed by atoms with van der Waals surface area (Å²) in [6.07, 6.45) is 28.5. The van der Waals surface area contributed by atoms with Crippen LogP contribution in [0.15, 0.2) is 48.6 Å². The zero-order valence-electron chi connectivity index (χ0n) is 30.0. The molecule has 0 bridgehead atoms. The Morgan fingerprint density at radius 2 is 1.27 bits per heavy atom. The second-order valence-electron chi connectivity index (χ2n) is 12.6. The molecule has 0 spiro atoms. The van der Waals surface area contributed by atoms with Gasteiger partial charge in [0.1, 0.15) is 30.5 Å². The zero-order chi connectivity index (χ0) is 35.1. The van der Waals surface area contributed by atoms with Crippen molar-refractivity contribution >= 4 is 5.97 Å². The molecule has 0 saturated carbocycles. The van der Waals surface area contributed by atoms with Crippen LogP contribution in [0.2, 0.25) is 0 Å². The summed E-state index contributed by atoms with van der Waals surface area (Å²) in [5.41, 5.74) is 0. The van der Waals surface area contributed by atoms with Gasteiger partial charge in [-0.25, -0.2) is 0 Å². The summed E-state index contributed by atoms with van der Waals surface area (Å²) in [6.45, 7) is 4.33. The van der Waals surface area contributed by atoms with Crippen molar-refractivity contribution in [3.8, 4) is 0 Å². The first-order chi connectivity index (χ1) is 23.4. The Labute approximate surface area is 291 Å². The van der Waals surface area contributed by atoms with Crippen molar-refractivity contribution in [3.05, 3.63) is 48.6 Å². The number of carbonyl (C=O) groups excluding carboxylic acids is 1. The molecule has 9 nitrogen and oxygen atoms in total. The van der Waals surface area contributed by atoms with E-state index < -0.39 is 43.4 Å². The number of aliphatic hydroxyl groups excluding tert-OH is 4. The Morgan fingerprint density at radius 3 is 1.94 bits per heavy atom. The Balaban J connectivity index is 2.38. The lowest BCUT2D eigenvalue weighted by Gasteiger charge is -2.39. The van der Waals surface area contributed by atoms with Gasteiger partial charge in [-0.15, -0.1) is 0 Å². The highest BCUT2D eigenvalue weighted by Gasteiger charge is 2.44. The van der Waals surface area contributed by atoms with Gasteiger partial charge in [0, 0.05) is 13.0 Å². The highest BCUT2D eigenvalue weighted by molar-refractivity contribution is 5.69. The predicted molar refractivity (Wildman–Crippen MR) is 191 cm³/mol. The summed E-state index contributed by atoms with van der Waals surface area (Å²) >= 11 is 0. The molecular formula is C39H68O9. The van der Waals surface area contributed by atoms with E-state index in [0.29, 0.717) is 13.0 Å². The molecule has 0 aromatic rings. The lowest BCUT2D eigenvalue weighted by Crippen LogP contribution is -2.59. The minimum absolute atomic E-state index is 0.127. The maximum Gasteiger partial charge on any atom is 0.306 e. The van der Waals surface area contributed by atoms with Crippen LogP contribution < -0.4 is 0 Å². The number of allylic oxidation sites excluding steroid dienone is 8. The molecule has 9 heteroatoms. The second kappa shape index (κ2) is 31.2. The molecule has 0 aromatic heterocycles. The first-order valence-corrected chi connectivity index (χ1v) is 18.7. The van der Waals surface area contributed by atoms with Crippen LogP contribution in [-0.4, -0.2) is 89.6 Å². The number of hydrogen-bond donors (Lipinski definition) is 4. The van der Waals surface area contributed by atoms with Gasteiger partial charge < -0.3 is 39.4 Å². The molecule has 0 aliphatic carbocycles. The average Bonchev–Trinajstić information content (AvgIpc) is 3.08. The fraction of sp³-hybridized carbons (Fsp3) is 0.769. The summed E-state index contributed by atoms with van der Waals surface area (Å²) in [5.74, 6) is -0.348. The van der Waals surface area contributed by atoms with Crippen molar-refractivity contribution in [2.24, 2.45) is 0 Å². The van der Waals surface area contributed by atoms with Crippen molar-refractivity contribution in [1.29, 1.82) is 0 Å². The fourth-order valence-electron chi connectivity index (χ4n) is 5.25. The molecule has 0 amide bonds. The van der Waals surface area contributed by atoms with Crippen molar-refractivity contribution in [2.75, 3.05) is 26.4 Å². The molecule has 0 aromatic carbocycles. The van der Waals surface area contributed by atoms with Gasteiger partial charge in [0.25, 0.3) is 0 Å². The smallest absolute Gasteiger partial charge is 0.306 e. The van der Waals surface area contributed by atoms with Crippen LogP contribution in [0.4, 0.5) is 0 Å². The molecule has 4 N–H and O–H groups in total. The molecule has 6 atom stereocenters. The molecule has 1 aliphatic rings. The maximum absolute atomic E-state index is 12.7. The number of unbranched alkanes of at least 4 members (excludes halogenated alkanes) is 11. The number of ether oxygens (including phenoxy) is 4. The Bertz CT molecular complexity index is 870. The third kappa shape index (κ3) is 22.7. The molecule has 1 aliphatic heterocycles. The molecule has 1 saturated heterocycles. The van der Waals surface area contributed by atoms with Gasteiger partial charge in [-0.3, -0.25) is 4.79 Å². The van der Waals surface area contributed by atoms with Crippen LogP contribution in [0.25, 0.3) is 0 Å². The monoisotopic (exact) mass is 680 g/mol. The summed E-state index contributed by atoms with van der Waals surface area (Å²) < 4.78 is 22.6. The van der Waals surface area contributed by atoms with Crippen LogP contribution in [0, 0.1) is 0 Å². The molecule has 1 fully saturated rings. The van der Waals surface area contributed by atoms with E-state index in [1.165, 1.54) is 38.5 Å². The molecule has 278 valence electrons. The van der Waals surface area contributed by atoms with E-state index in [1.54, 1.807) is 0 Å². The number of carbonyl (C=O) groups is 1. The first kappa shape index (κ1) is 44.2. The minimum atomic E-state index is -1.54. The van der Waals surface area contributed by atoms with Gasteiger partial charge in [0.05, 0.1) is 19.8 Å². The van der Waals surface area contributed by atoms with Crippen molar-refractivity contribution in [1.82, 2.24) is 0 Å². The van der Waals surface area contributed by atoms with E-state index in [2.05, 4.69) is 62.5 Å². The Hall–Kier alpha value is -1.85. The lowest BCUT2D eigenvalue weighted by molar-refractivity contribution is -0.305. The van der Waals surface area contributed by atoms with Crippen LogP contribution in [-0.2, 0) is 23.7 Å². The van der Waals surface area contributed by atoms with E-state index in [4.69, 9.17) is 18.9 Å². The van der Waals surface area contributed by atoms with Crippen LogP contribution in [0.3, 0.4) is 0 Å². The van der Waals surface area contributed by atoms with Gasteiger partial charge in [-0.1, -0.05) is 107 Å². The van der Waals surface area contributed by atoms with Crippen molar-refractivity contribution in [3.63, 3.8) is 0 Å². The third-order valence-electron chi connectivity index (χ3n) is 8.23. The van der Waals surface area contributed by atoms with Gasteiger partial charge in [0.2, 0.25) is 0 Å². The number of aliphatic hydroxyl groups is 4. The zero-order valence-corrected chi connectivity index (χ0v) is 30.0. The predicted octanol–water partition coefficient (Wildman–Crippen LogP) is 7.02. The fourth-order valence-corrected chi connectivity index (χ4v) is 5.25. The second-order valence-corrected chi connectivity index (χ2v) is 12.6. The molecule has 6 unspecified atom stereocenters. The largest absolute Gasteiger partial charge is 0.457 e. The Morgan fingerprint density at radius 1 is 0.688 bits per heavy atom. The first-order valence-electron chi connectivity index (χ1n) is 18.7. The molecule has 1 rings (SSSR count). The van der Waals surface area contributed by atoms with Crippen LogP contribution >= 0.6 is 0 Å². The van der Waals surface area contributed by atoms with E-state index in [9.17, 15) is 25.2 Å². The van der Waals surface area contributed by atoms with Crippen LogP contribution in [0.5, 0.6) is 0 Å². The molecule has 48 heavy (non-hydrogen) atoms. The van der Waals surface area contributed by atoms with Gasteiger partial charge in [-0.2, -0.15) is 0 Å². The number of esters is 1. The van der Waals surface area contributed by atoms with Gasteiger partial charge in [-0.05, 0) is 64.2 Å². The lowest BCUT2D eigenvalue weighted by atomic mass is 9.99. The highest BCUT2D eigenvalue weighted by Crippen LogP contribution is 2.22. The van der Waals surface area contributed by atoms with Crippen molar-refractivity contribution in [2.45, 2.75) is 166 Å².